The van der Waals surface area contributed by atoms with E-state index < -0.39 is 0 Å². The van der Waals surface area contributed by atoms with E-state index >= 15 is 0 Å². The van der Waals surface area contributed by atoms with Crippen molar-refractivity contribution in [2.75, 3.05) is 32.7 Å². The average molecular weight is 230 g/mol. The van der Waals surface area contributed by atoms with Gasteiger partial charge in [0.25, 0.3) is 0 Å². The van der Waals surface area contributed by atoms with Gasteiger partial charge in [-0.2, -0.15) is 0 Å². The SMILES string of the molecule is CC(O)CN1CCN(CC(C)O)C(C)(C)C1. The summed E-state index contributed by atoms with van der Waals surface area (Å²) in [6.45, 7) is 12.4. The summed E-state index contributed by atoms with van der Waals surface area (Å²) >= 11 is 0. The van der Waals surface area contributed by atoms with Crippen molar-refractivity contribution in [1.29, 1.82) is 0 Å². The molecule has 0 aromatic rings. The first-order valence-corrected chi connectivity index (χ1v) is 6.15. The molecule has 1 rings (SSSR count). The van der Waals surface area contributed by atoms with Gasteiger partial charge in [-0.05, 0) is 27.7 Å². The monoisotopic (exact) mass is 230 g/mol. The van der Waals surface area contributed by atoms with Crippen molar-refractivity contribution in [1.82, 2.24) is 9.80 Å². The molecular formula is C12H26N2O2. The molecule has 0 radical (unpaired) electrons. The highest BCUT2D eigenvalue weighted by molar-refractivity contribution is 4.90. The molecule has 16 heavy (non-hydrogen) atoms. The third-order valence-corrected chi connectivity index (χ3v) is 3.16. The van der Waals surface area contributed by atoms with Crippen LogP contribution in [0.25, 0.3) is 0 Å². The van der Waals surface area contributed by atoms with Crippen LogP contribution in [0.15, 0.2) is 0 Å². The second-order valence-electron chi connectivity index (χ2n) is 5.69. The third-order valence-electron chi connectivity index (χ3n) is 3.16. The molecule has 0 aromatic carbocycles. The second kappa shape index (κ2) is 5.45. The Labute approximate surface area is 98.9 Å². The van der Waals surface area contributed by atoms with Crippen LogP contribution in [-0.2, 0) is 0 Å². The number of aliphatic hydroxyl groups is 2. The van der Waals surface area contributed by atoms with Crippen LogP contribution in [0, 0.1) is 0 Å². The minimum atomic E-state index is -0.275. The highest BCUT2D eigenvalue weighted by Crippen LogP contribution is 2.21. The summed E-state index contributed by atoms with van der Waals surface area (Å²) in [6.07, 6.45) is -0.540. The van der Waals surface area contributed by atoms with Crippen molar-refractivity contribution in [2.24, 2.45) is 0 Å². The fourth-order valence-corrected chi connectivity index (χ4v) is 2.48. The first-order chi connectivity index (χ1) is 7.31. The molecule has 96 valence electrons. The van der Waals surface area contributed by atoms with Crippen molar-refractivity contribution in [3.63, 3.8) is 0 Å². The van der Waals surface area contributed by atoms with Crippen LogP contribution < -0.4 is 0 Å². The van der Waals surface area contributed by atoms with Crippen LogP contribution in [0.2, 0.25) is 0 Å². The van der Waals surface area contributed by atoms with Crippen LogP contribution >= 0.6 is 0 Å². The van der Waals surface area contributed by atoms with Gasteiger partial charge in [-0.3, -0.25) is 9.80 Å². The topological polar surface area (TPSA) is 46.9 Å². The lowest BCUT2D eigenvalue weighted by Gasteiger charge is -2.48. The molecule has 1 aliphatic rings. The van der Waals surface area contributed by atoms with E-state index in [1.54, 1.807) is 0 Å². The van der Waals surface area contributed by atoms with E-state index in [1.807, 2.05) is 13.8 Å². The van der Waals surface area contributed by atoms with Crippen molar-refractivity contribution in [3.8, 4) is 0 Å². The number of hydrogen-bond acceptors (Lipinski definition) is 4. The molecule has 0 aromatic heterocycles. The zero-order chi connectivity index (χ0) is 12.3. The van der Waals surface area contributed by atoms with E-state index in [-0.39, 0.29) is 17.7 Å². The van der Waals surface area contributed by atoms with Crippen LogP contribution in [0.3, 0.4) is 0 Å². The van der Waals surface area contributed by atoms with Crippen molar-refractivity contribution in [3.05, 3.63) is 0 Å². The van der Waals surface area contributed by atoms with E-state index in [0.717, 1.165) is 32.7 Å². The van der Waals surface area contributed by atoms with Gasteiger partial charge in [0, 0.05) is 38.3 Å². The maximum Gasteiger partial charge on any atom is 0.0639 e. The average Bonchev–Trinajstić information content (AvgIpc) is 2.07. The number of hydrogen-bond donors (Lipinski definition) is 2. The summed E-state index contributed by atoms with van der Waals surface area (Å²) in [5, 5.41) is 18.8. The lowest BCUT2D eigenvalue weighted by Crippen LogP contribution is -2.61. The van der Waals surface area contributed by atoms with Crippen LogP contribution in [0.1, 0.15) is 27.7 Å². The van der Waals surface area contributed by atoms with Crippen molar-refractivity contribution >= 4 is 0 Å². The third kappa shape index (κ3) is 4.01. The maximum atomic E-state index is 9.45. The molecule has 2 unspecified atom stereocenters. The summed E-state index contributed by atoms with van der Waals surface area (Å²) in [5.74, 6) is 0. The Hall–Kier alpha value is -0.160. The molecule has 0 bridgehead atoms. The maximum absolute atomic E-state index is 9.45. The molecule has 0 saturated carbocycles. The van der Waals surface area contributed by atoms with Crippen LogP contribution in [0.4, 0.5) is 0 Å². The summed E-state index contributed by atoms with van der Waals surface area (Å²) in [4.78, 5) is 4.62. The summed E-state index contributed by atoms with van der Waals surface area (Å²) in [6, 6.07) is 0. The van der Waals surface area contributed by atoms with Crippen molar-refractivity contribution < 1.29 is 10.2 Å². The minimum Gasteiger partial charge on any atom is -0.392 e. The number of piperazine rings is 1. The van der Waals surface area contributed by atoms with Gasteiger partial charge in [0.1, 0.15) is 0 Å². The molecule has 2 atom stereocenters. The molecular weight excluding hydrogens is 204 g/mol. The Kier molecular flexibility index (Phi) is 4.73. The zero-order valence-electron chi connectivity index (χ0n) is 11.0. The number of rotatable bonds is 4. The Morgan fingerprint density at radius 3 is 2.06 bits per heavy atom. The van der Waals surface area contributed by atoms with Gasteiger partial charge < -0.3 is 10.2 Å². The van der Waals surface area contributed by atoms with Crippen LogP contribution in [0.5, 0.6) is 0 Å². The Balaban J connectivity index is 2.51. The predicted molar refractivity (Wildman–Crippen MR) is 65.5 cm³/mol. The molecule has 1 saturated heterocycles. The molecule has 1 heterocycles. The Bertz CT molecular complexity index is 217. The van der Waals surface area contributed by atoms with Crippen LogP contribution in [-0.4, -0.2) is 70.5 Å². The summed E-state index contributed by atoms with van der Waals surface area (Å²) in [5.41, 5.74) is 0.0735. The lowest BCUT2D eigenvalue weighted by atomic mass is 9.98. The zero-order valence-corrected chi connectivity index (χ0v) is 11.0. The molecule has 0 amide bonds. The van der Waals surface area contributed by atoms with E-state index in [0.29, 0.717) is 0 Å². The van der Waals surface area contributed by atoms with Gasteiger partial charge in [-0.1, -0.05) is 0 Å². The molecule has 4 heteroatoms. The first-order valence-electron chi connectivity index (χ1n) is 6.15. The molecule has 0 aliphatic carbocycles. The smallest absolute Gasteiger partial charge is 0.0639 e. The van der Waals surface area contributed by atoms with Gasteiger partial charge in [-0.25, -0.2) is 0 Å². The van der Waals surface area contributed by atoms with E-state index in [1.165, 1.54) is 0 Å². The fourth-order valence-electron chi connectivity index (χ4n) is 2.48. The summed E-state index contributed by atoms with van der Waals surface area (Å²) < 4.78 is 0. The second-order valence-corrected chi connectivity index (χ2v) is 5.69. The Morgan fingerprint density at radius 2 is 1.62 bits per heavy atom. The van der Waals surface area contributed by atoms with Gasteiger partial charge in [0.2, 0.25) is 0 Å². The normalized spacial score (nSPS) is 26.6. The molecule has 1 aliphatic heterocycles. The molecule has 1 fully saturated rings. The number of aliphatic hydroxyl groups excluding tert-OH is 2. The number of β-amino-alcohol motifs (C(OH)–C–C–N with tert-alkyl or cyclic N) is 2. The van der Waals surface area contributed by atoms with Gasteiger partial charge >= 0.3 is 0 Å². The largest absolute Gasteiger partial charge is 0.392 e. The van der Waals surface area contributed by atoms with Gasteiger partial charge in [0.05, 0.1) is 12.2 Å². The number of nitrogens with zero attached hydrogens (tertiary/aromatic N) is 2. The van der Waals surface area contributed by atoms with E-state index in [4.69, 9.17) is 0 Å². The first kappa shape index (κ1) is 13.9. The minimum absolute atomic E-state index is 0.0735. The quantitative estimate of drug-likeness (QED) is 0.721. The Morgan fingerprint density at radius 1 is 1.06 bits per heavy atom. The highest BCUT2D eigenvalue weighted by atomic mass is 16.3. The van der Waals surface area contributed by atoms with Gasteiger partial charge in [-0.15, -0.1) is 0 Å². The van der Waals surface area contributed by atoms with Gasteiger partial charge in [0.15, 0.2) is 0 Å². The molecule has 4 nitrogen and oxygen atoms in total. The van der Waals surface area contributed by atoms with Crippen molar-refractivity contribution in [2.45, 2.75) is 45.4 Å². The molecule has 2 N–H and O–H groups in total. The summed E-state index contributed by atoms with van der Waals surface area (Å²) in [7, 11) is 0. The standard InChI is InChI=1S/C12H26N2O2/c1-10(15)7-13-5-6-14(8-11(2)16)12(3,4)9-13/h10-11,15-16H,5-9H2,1-4H3. The predicted octanol–water partition coefficient (Wildman–Crippen LogP) is 0.144. The highest BCUT2D eigenvalue weighted by Gasteiger charge is 2.34. The van der Waals surface area contributed by atoms with E-state index in [9.17, 15) is 10.2 Å². The van der Waals surface area contributed by atoms with E-state index in [2.05, 4.69) is 23.6 Å². The fraction of sp³-hybridized carbons (Fsp3) is 1.00. The lowest BCUT2D eigenvalue weighted by molar-refractivity contribution is -0.0177. The molecule has 0 spiro atoms.